The van der Waals surface area contributed by atoms with Crippen molar-refractivity contribution in [2.75, 3.05) is 13.6 Å². The van der Waals surface area contributed by atoms with Crippen molar-refractivity contribution in [3.63, 3.8) is 0 Å². The lowest BCUT2D eigenvalue weighted by atomic mass is 10.1. The number of hydrogen-bond donors (Lipinski definition) is 2. The minimum Gasteiger partial charge on any atom is -0.462 e. The number of aromatic nitrogens is 1. The molecule has 1 heterocycles. The summed E-state index contributed by atoms with van der Waals surface area (Å²) in [6.45, 7) is 5.33. The van der Waals surface area contributed by atoms with E-state index in [0.717, 1.165) is 24.3 Å². The second kappa shape index (κ2) is 10.1. The van der Waals surface area contributed by atoms with E-state index in [1.807, 2.05) is 6.07 Å². The van der Waals surface area contributed by atoms with Crippen LogP contribution >= 0.6 is 0 Å². The number of rotatable bonds is 8. The molecule has 0 aliphatic heterocycles. The minimum atomic E-state index is -0.0977. The maximum atomic E-state index is 11.8. The standard InChI is InChI=1S/C18H30N4O3/c1-13(2)16-11-15(25-22-16)12-21-18(19-3)20-10-6-9-17(23)24-14-7-4-5-8-14/h11,13-14H,4-10,12H2,1-3H3,(H2,19,20,21). The van der Waals surface area contributed by atoms with Crippen LogP contribution in [0.5, 0.6) is 0 Å². The molecule has 0 spiro atoms. The molecule has 1 aromatic rings. The summed E-state index contributed by atoms with van der Waals surface area (Å²) in [5.74, 6) is 1.69. The Labute approximate surface area is 149 Å². The van der Waals surface area contributed by atoms with Gasteiger partial charge < -0.3 is 19.9 Å². The van der Waals surface area contributed by atoms with E-state index in [-0.39, 0.29) is 12.1 Å². The summed E-state index contributed by atoms with van der Waals surface area (Å²) in [7, 11) is 1.71. The van der Waals surface area contributed by atoms with Gasteiger partial charge in [-0.2, -0.15) is 0 Å². The van der Waals surface area contributed by atoms with Gasteiger partial charge in [0.1, 0.15) is 6.10 Å². The highest BCUT2D eigenvalue weighted by molar-refractivity contribution is 5.79. The summed E-state index contributed by atoms with van der Waals surface area (Å²) < 4.78 is 10.7. The van der Waals surface area contributed by atoms with Crippen molar-refractivity contribution in [3.8, 4) is 0 Å². The normalized spacial score (nSPS) is 15.6. The first kappa shape index (κ1) is 19.3. The van der Waals surface area contributed by atoms with Gasteiger partial charge in [-0.3, -0.25) is 9.79 Å². The average Bonchev–Trinajstić information content (AvgIpc) is 3.26. The lowest BCUT2D eigenvalue weighted by molar-refractivity contribution is -0.148. The quantitative estimate of drug-likeness (QED) is 0.324. The fraction of sp³-hybridized carbons (Fsp3) is 0.722. The highest BCUT2D eigenvalue weighted by Crippen LogP contribution is 2.21. The molecule has 2 N–H and O–H groups in total. The van der Waals surface area contributed by atoms with E-state index >= 15 is 0 Å². The number of aliphatic imine (C=N–C) groups is 1. The molecule has 140 valence electrons. The Morgan fingerprint density at radius 1 is 1.40 bits per heavy atom. The number of hydrogen-bond acceptors (Lipinski definition) is 5. The first-order chi connectivity index (χ1) is 12.1. The van der Waals surface area contributed by atoms with E-state index in [1.54, 1.807) is 7.05 Å². The Bertz CT molecular complexity index is 562. The third-order valence-electron chi connectivity index (χ3n) is 4.27. The molecule has 1 fully saturated rings. The Hall–Kier alpha value is -2.05. The Morgan fingerprint density at radius 2 is 2.16 bits per heavy atom. The van der Waals surface area contributed by atoms with Crippen LogP contribution in [0.15, 0.2) is 15.6 Å². The first-order valence-electron chi connectivity index (χ1n) is 9.18. The van der Waals surface area contributed by atoms with Crippen LogP contribution in [-0.2, 0) is 16.1 Å². The summed E-state index contributed by atoms with van der Waals surface area (Å²) in [4.78, 5) is 15.9. The molecule has 7 nitrogen and oxygen atoms in total. The maximum absolute atomic E-state index is 11.8. The Morgan fingerprint density at radius 3 is 2.80 bits per heavy atom. The Balaban J connectivity index is 1.60. The molecule has 1 aliphatic rings. The van der Waals surface area contributed by atoms with Crippen LogP contribution in [0, 0.1) is 0 Å². The number of carbonyl (C=O) groups is 1. The zero-order chi connectivity index (χ0) is 18.1. The highest BCUT2D eigenvalue weighted by atomic mass is 16.5. The van der Waals surface area contributed by atoms with Gasteiger partial charge in [0, 0.05) is 26.1 Å². The highest BCUT2D eigenvalue weighted by Gasteiger charge is 2.18. The maximum Gasteiger partial charge on any atom is 0.306 e. The van der Waals surface area contributed by atoms with Crippen LogP contribution in [0.4, 0.5) is 0 Å². The van der Waals surface area contributed by atoms with Crippen LogP contribution in [0.1, 0.15) is 69.7 Å². The van der Waals surface area contributed by atoms with Crippen molar-refractivity contribution in [1.82, 2.24) is 15.8 Å². The van der Waals surface area contributed by atoms with Crippen LogP contribution in [0.2, 0.25) is 0 Å². The molecule has 0 amide bonds. The van der Waals surface area contributed by atoms with E-state index < -0.39 is 0 Å². The monoisotopic (exact) mass is 350 g/mol. The van der Waals surface area contributed by atoms with E-state index in [1.165, 1.54) is 12.8 Å². The molecule has 0 unspecified atom stereocenters. The van der Waals surface area contributed by atoms with Crippen LogP contribution < -0.4 is 10.6 Å². The van der Waals surface area contributed by atoms with E-state index in [0.29, 0.717) is 37.8 Å². The second-order valence-corrected chi connectivity index (χ2v) is 6.73. The number of nitrogens with one attached hydrogen (secondary N) is 2. The van der Waals surface area contributed by atoms with Crippen LogP contribution in [0.3, 0.4) is 0 Å². The summed E-state index contributed by atoms with van der Waals surface area (Å²) in [6, 6.07) is 1.95. The molecule has 0 radical (unpaired) electrons. The molecule has 1 aliphatic carbocycles. The average molecular weight is 350 g/mol. The summed E-state index contributed by atoms with van der Waals surface area (Å²) in [5.41, 5.74) is 0.945. The topological polar surface area (TPSA) is 88.8 Å². The zero-order valence-corrected chi connectivity index (χ0v) is 15.5. The summed E-state index contributed by atoms with van der Waals surface area (Å²) in [5, 5.41) is 10.4. The minimum absolute atomic E-state index is 0.0977. The van der Waals surface area contributed by atoms with Gasteiger partial charge in [0.15, 0.2) is 11.7 Å². The van der Waals surface area contributed by atoms with Crippen LogP contribution in [-0.4, -0.2) is 36.8 Å². The molecule has 2 rings (SSSR count). The predicted molar refractivity (Wildman–Crippen MR) is 96.4 cm³/mol. The smallest absolute Gasteiger partial charge is 0.306 e. The van der Waals surface area contributed by atoms with Crippen molar-refractivity contribution in [2.45, 2.75) is 70.9 Å². The third-order valence-corrected chi connectivity index (χ3v) is 4.27. The van der Waals surface area contributed by atoms with Crippen molar-refractivity contribution < 1.29 is 14.1 Å². The van der Waals surface area contributed by atoms with Gasteiger partial charge in [0.2, 0.25) is 0 Å². The molecule has 0 atom stereocenters. The van der Waals surface area contributed by atoms with Gasteiger partial charge in [-0.15, -0.1) is 0 Å². The van der Waals surface area contributed by atoms with Crippen LogP contribution in [0.25, 0.3) is 0 Å². The van der Waals surface area contributed by atoms with Gasteiger partial charge in [0.25, 0.3) is 0 Å². The Kier molecular flexibility index (Phi) is 7.76. The summed E-state index contributed by atoms with van der Waals surface area (Å²) in [6.07, 6.45) is 5.66. The number of ether oxygens (including phenoxy) is 1. The lowest BCUT2D eigenvalue weighted by Crippen LogP contribution is -2.37. The number of esters is 1. The van der Waals surface area contributed by atoms with E-state index in [4.69, 9.17) is 9.26 Å². The van der Waals surface area contributed by atoms with Gasteiger partial charge in [0.05, 0.1) is 12.2 Å². The summed E-state index contributed by atoms with van der Waals surface area (Å²) >= 11 is 0. The van der Waals surface area contributed by atoms with Gasteiger partial charge in [-0.05, 0) is 38.0 Å². The third kappa shape index (κ3) is 6.76. The van der Waals surface area contributed by atoms with Gasteiger partial charge >= 0.3 is 5.97 Å². The molecule has 25 heavy (non-hydrogen) atoms. The predicted octanol–water partition coefficient (Wildman–Crippen LogP) is 2.73. The number of nitrogens with zero attached hydrogens (tertiary/aromatic N) is 2. The van der Waals surface area contributed by atoms with Crippen molar-refractivity contribution in [3.05, 3.63) is 17.5 Å². The molecule has 0 aromatic carbocycles. The largest absolute Gasteiger partial charge is 0.462 e. The number of carbonyl (C=O) groups excluding carboxylic acids is 1. The van der Waals surface area contributed by atoms with Gasteiger partial charge in [-0.1, -0.05) is 19.0 Å². The SMILES string of the molecule is CN=C(NCCCC(=O)OC1CCCC1)NCc1cc(C(C)C)no1. The molecular formula is C18H30N4O3. The van der Waals surface area contributed by atoms with Crippen molar-refractivity contribution >= 4 is 11.9 Å². The fourth-order valence-electron chi connectivity index (χ4n) is 2.77. The molecule has 1 aromatic heterocycles. The van der Waals surface area contributed by atoms with E-state index in [9.17, 15) is 4.79 Å². The molecule has 0 saturated heterocycles. The molecular weight excluding hydrogens is 320 g/mol. The number of guanidine groups is 1. The molecule has 7 heteroatoms. The first-order valence-corrected chi connectivity index (χ1v) is 9.18. The van der Waals surface area contributed by atoms with Gasteiger partial charge in [-0.25, -0.2) is 0 Å². The zero-order valence-electron chi connectivity index (χ0n) is 15.5. The molecule has 1 saturated carbocycles. The molecule has 0 bridgehead atoms. The van der Waals surface area contributed by atoms with Crippen molar-refractivity contribution in [1.29, 1.82) is 0 Å². The second-order valence-electron chi connectivity index (χ2n) is 6.73. The lowest BCUT2D eigenvalue weighted by Gasteiger charge is -2.12. The van der Waals surface area contributed by atoms with E-state index in [2.05, 4.69) is 34.6 Å². The van der Waals surface area contributed by atoms with Crippen molar-refractivity contribution in [2.24, 2.45) is 4.99 Å². The fourth-order valence-corrected chi connectivity index (χ4v) is 2.77.